The predicted octanol–water partition coefficient (Wildman–Crippen LogP) is 1.34. The fourth-order valence-electron chi connectivity index (χ4n) is 2.29. The van der Waals surface area contributed by atoms with E-state index in [2.05, 4.69) is 27.7 Å². The number of amides is 2. The fourth-order valence-corrected chi connectivity index (χ4v) is 2.29. The molecule has 0 spiro atoms. The van der Waals surface area contributed by atoms with Gasteiger partial charge in [0.25, 0.3) is 0 Å². The molecule has 0 radical (unpaired) electrons. The van der Waals surface area contributed by atoms with E-state index in [1.165, 1.54) is 0 Å². The second-order valence-corrected chi connectivity index (χ2v) is 6.09. The van der Waals surface area contributed by atoms with Gasteiger partial charge in [-0.15, -0.1) is 0 Å². The number of hydrogen-bond donors (Lipinski definition) is 3. The molecule has 25 heavy (non-hydrogen) atoms. The fraction of sp³-hybridized carbons (Fsp3) is 0.625. The topological polar surface area (TPSA) is 111 Å². The first-order valence-corrected chi connectivity index (χ1v) is 8.37. The molecule has 0 aliphatic rings. The third-order valence-corrected chi connectivity index (χ3v) is 3.65. The molecule has 0 saturated carbocycles. The van der Waals surface area contributed by atoms with Crippen LogP contribution in [0.2, 0.25) is 0 Å². The Kier molecular flexibility index (Phi) is 8.62. The highest BCUT2D eigenvalue weighted by atomic mass is 16.5. The summed E-state index contributed by atoms with van der Waals surface area (Å²) < 4.78 is 0. The van der Waals surface area contributed by atoms with E-state index in [0.717, 1.165) is 19.3 Å². The lowest BCUT2D eigenvalue weighted by molar-refractivity contribution is -0.154. The average molecular weight is 352 g/mol. The van der Waals surface area contributed by atoms with Gasteiger partial charge in [-0.1, -0.05) is 26.2 Å². The van der Waals surface area contributed by atoms with E-state index in [9.17, 15) is 14.8 Å². The third-order valence-electron chi connectivity index (χ3n) is 3.65. The summed E-state index contributed by atoms with van der Waals surface area (Å²) in [5, 5.41) is 9.89. The number of anilines is 2. The summed E-state index contributed by atoms with van der Waals surface area (Å²) in [6.45, 7) is 3.79. The van der Waals surface area contributed by atoms with Crippen LogP contribution in [0.5, 0.6) is 0 Å². The van der Waals surface area contributed by atoms with Gasteiger partial charge in [-0.25, -0.2) is 15.0 Å². The van der Waals surface area contributed by atoms with Crippen molar-refractivity contribution >= 4 is 24.0 Å². The van der Waals surface area contributed by atoms with Crippen LogP contribution in [0.4, 0.5) is 11.6 Å². The van der Waals surface area contributed by atoms with Crippen LogP contribution >= 0.6 is 0 Å². The number of nitrogens with one attached hydrogen (secondary N) is 2. The van der Waals surface area contributed by atoms with E-state index in [1.807, 2.05) is 19.0 Å². The number of hydrogen-bond acceptors (Lipinski definition) is 7. The molecule has 0 bridgehead atoms. The Bertz CT molecular complexity index is 567. The Morgan fingerprint density at radius 2 is 2.08 bits per heavy atom. The van der Waals surface area contributed by atoms with Crippen LogP contribution in [0.1, 0.15) is 38.4 Å². The lowest BCUT2D eigenvalue weighted by Crippen LogP contribution is -2.40. The van der Waals surface area contributed by atoms with Gasteiger partial charge in [-0.3, -0.25) is 25.6 Å². The Labute approximate surface area is 148 Å². The smallest absolute Gasteiger partial charge is 0.243 e. The van der Waals surface area contributed by atoms with Crippen molar-refractivity contribution < 1.29 is 14.8 Å². The van der Waals surface area contributed by atoms with Crippen LogP contribution in [-0.4, -0.2) is 53.2 Å². The molecule has 0 aliphatic carbocycles. The van der Waals surface area contributed by atoms with Crippen molar-refractivity contribution in [1.82, 2.24) is 20.5 Å². The molecule has 9 heteroatoms. The number of hydrazine groups is 1. The molecular weight excluding hydrogens is 324 g/mol. The van der Waals surface area contributed by atoms with Gasteiger partial charge in [0.2, 0.25) is 12.3 Å². The van der Waals surface area contributed by atoms with Gasteiger partial charge in [-0.05, 0) is 13.3 Å². The highest BCUT2D eigenvalue weighted by molar-refractivity contribution is 5.80. The van der Waals surface area contributed by atoms with Gasteiger partial charge in [0.15, 0.2) is 0 Å². The second kappa shape index (κ2) is 10.4. The van der Waals surface area contributed by atoms with E-state index < -0.39 is 5.92 Å². The summed E-state index contributed by atoms with van der Waals surface area (Å²) in [6.07, 6.45) is 3.74. The minimum Gasteiger partial charge on any atom is -0.363 e. The molecule has 0 unspecified atom stereocenters. The van der Waals surface area contributed by atoms with E-state index in [-0.39, 0.29) is 12.5 Å². The highest BCUT2D eigenvalue weighted by Gasteiger charge is 2.20. The quantitative estimate of drug-likeness (QED) is 0.238. The van der Waals surface area contributed by atoms with Gasteiger partial charge in [-0.2, -0.15) is 0 Å². The molecule has 0 saturated heterocycles. The van der Waals surface area contributed by atoms with Crippen molar-refractivity contribution in [2.45, 2.75) is 39.5 Å². The SMILES string of the molecule is CCCCC[C@H](CN(O)C=O)C(=O)NNc1cc(N(C)C)nc(C)n1. The van der Waals surface area contributed by atoms with Gasteiger partial charge in [0.05, 0.1) is 12.5 Å². The minimum absolute atomic E-state index is 0.0491. The highest BCUT2D eigenvalue weighted by Crippen LogP contribution is 2.14. The zero-order valence-electron chi connectivity index (χ0n) is 15.3. The summed E-state index contributed by atoms with van der Waals surface area (Å²) in [5.41, 5.74) is 5.37. The molecule has 0 aliphatic heterocycles. The van der Waals surface area contributed by atoms with Crippen LogP contribution in [-0.2, 0) is 9.59 Å². The predicted molar refractivity (Wildman–Crippen MR) is 95.0 cm³/mol. The number of carbonyl (C=O) groups excluding carboxylic acids is 2. The molecule has 1 aromatic heterocycles. The summed E-state index contributed by atoms with van der Waals surface area (Å²) in [5.74, 6) is 0.939. The molecule has 2 amide bonds. The number of unbranched alkanes of at least 4 members (excludes halogenated alkanes) is 2. The maximum Gasteiger partial charge on any atom is 0.243 e. The van der Waals surface area contributed by atoms with E-state index in [4.69, 9.17) is 0 Å². The lowest BCUT2D eigenvalue weighted by Gasteiger charge is -2.20. The number of aromatic nitrogens is 2. The first-order chi connectivity index (χ1) is 11.9. The lowest BCUT2D eigenvalue weighted by atomic mass is 10.0. The molecule has 0 fully saturated rings. The van der Waals surface area contributed by atoms with Crippen LogP contribution in [0.15, 0.2) is 6.07 Å². The summed E-state index contributed by atoms with van der Waals surface area (Å²) >= 11 is 0. The standard InChI is InChI=1S/C16H28N6O3/c1-5-6-7-8-13(10-22(25)11-23)16(24)20-19-14-9-15(21(3)4)18-12(2)17-14/h9,11,13,25H,5-8,10H2,1-4H3,(H,20,24)(H,17,18,19)/t13-/m1/s1. The first-order valence-electron chi connectivity index (χ1n) is 8.37. The van der Waals surface area contributed by atoms with Crippen LogP contribution < -0.4 is 15.8 Å². The molecule has 140 valence electrons. The first kappa shape index (κ1) is 20.6. The number of nitrogens with zero attached hydrogens (tertiary/aromatic N) is 4. The maximum atomic E-state index is 12.4. The van der Waals surface area contributed by atoms with Gasteiger partial charge >= 0.3 is 0 Å². The Balaban J connectivity index is 2.70. The minimum atomic E-state index is -0.509. The summed E-state index contributed by atoms with van der Waals surface area (Å²) in [4.78, 5) is 33.3. The molecule has 1 aromatic rings. The zero-order valence-corrected chi connectivity index (χ0v) is 15.3. The summed E-state index contributed by atoms with van der Waals surface area (Å²) in [7, 11) is 3.73. The molecule has 3 N–H and O–H groups in total. The molecule has 9 nitrogen and oxygen atoms in total. The Hall–Kier alpha value is -2.42. The third kappa shape index (κ3) is 7.34. The van der Waals surface area contributed by atoms with Crippen molar-refractivity contribution in [1.29, 1.82) is 0 Å². The maximum absolute atomic E-state index is 12.4. The number of carbonyl (C=O) groups is 2. The number of rotatable bonds is 11. The monoisotopic (exact) mass is 352 g/mol. The normalized spacial score (nSPS) is 11.6. The van der Waals surface area contributed by atoms with Crippen LogP contribution in [0, 0.1) is 12.8 Å². The molecule has 0 aromatic carbocycles. The van der Waals surface area contributed by atoms with E-state index >= 15 is 0 Å². The van der Waals surface area contributed by atoms with Gasteiger partial charge in [0, 0.05) is 20.2 Å². The molecule has 1 atom stereocenters. The van der Waals surface area contributed by atoms with Crippen molar-refractivity contribution in [3.8, 4) is 0 Å². The van der Waals surface area contributed by atoms with Crippen molar-refractivity contribution in [2.24, 2.45) is 5.92 Å². The van der Waals surface area contributed by atoms with Gasteiger partial charge < -0.3 is 4.90 Å². The largest absolute Gasteiger partial charge is 0.363 e. The summed E-state index contributed by atoms with van der Waals surface area (Å²) in [6, 6.07) is 1.71. The van der Waals surface area contributed by atoms with Gasteiger partial charge in [0.1, 0.15) is 17.5 Å². The molecule has 1 rings (SSSR count). The average Bonchev–Trinajstić information content (AvgIpc) is 2.58. The second-order valence-electron chi connectivity index (χ2n) is 6.09. The number of hydroxylamine groups is 2. The molecule has 1 heterocycles. The van der Waals surface area contributed by atoms with Crippen molar-refractivity contribution in [3.63, 3.8) is 0 Å². The van der Waals surface area contributed by atoms with E-state index in [0.29, 0.717) is 35.4 Å². The zero-order chi connectivity index (χ0) is 18.8. The van der Waals surface area contributed by atoms with Crippen molar-refractivity contribution in [3.05, 3.63) is 11.9 Å². The van der Waals surface area contributed by atoms with Crippen molar-refractivity contribution in [2.75, 3.05) is 31.0 Å². The van der Waals surface area contributed by atoms with E-state index in [1.54, 1.807) is 13.0 Å². The Morgan fingerprint density at radius 3 is 2.68 bits per heavy atom. The number of aryl methyl sites for hydroxylation is 1. The van der Waals surface area contributed by atoms with Crippen LogP contribution in [0.25, 0.3) is 0 Å². The molecular formula is C16H28N6O3. The van der Waals surface area contributed by atoms with Crippen LogP contribution in [0.3, 0.4) is 0 Å². The Morgan fingerprint density at radius 1 is 1.36 bits per heavy atom.